The molecule has 0 fully saturated rings. The molecule has 0 aliphatic heterocycles. The molecule has 17 heavy (non-hydrogen) atoms. The Hall–Kier alpha value is -1.15. The first kappa shape index (κ1) is 12.3. The fourth-order valence-corrected chi connectivity index (χ4v) is 2.65. The smallest absolute Gasteiger partial charge is 0.167 e. The summed E-state index contributed by atoms with van der Waals surface area (Å²) in [7, 11) is 4.08. The molecule has 1 aliphatic carbocycles. The number of hydrogen-bond donors (Lipinski definition) is 0. The van der Waals surface area contributed by atoms with E-state index in [1.165, 1.54) is 18.4 Å². The van der Waals surface area contributed by atoms with Crippen molar-refractivity contribution in [3.63, 3.8) is 0 Å². The normalized spacial score (nSPS) is 20.9. The lowest BCUT2D eigenvalue weighted by molar-refractivity contribution is 0.0883. The van der Waals surface area contributed by atoms with E-state index in [0.29, 0.717) is 5.78 Å². The predicted molar refractivity (Wildman–Crippen MR) is 70.4 cm³/mol. The number of carbonyl (C=O) groups excluding carboxylic acids is 1. The Bertz CT molecular complexity index is 398. The monoisotopic (exact) mass is 231 g/mol. The van der Waals surface area contributed by atoms with Crippen LogP contribution in [-0.4, -0.2) is 31.3 Å². The number of ketones is 1. The molecular formula is C15H21NO. The van der Waals surface area contributed by atoms with Crippen molar-refractivity contribution in [1.29, 1.82) is 0 Å². The van der Waals surface area contributed by atoms with Crippen LogP contribution in [0.2, 0.25) is 0 Å². The summed E-state index contributed by atoms with van der Waals surface area (Å²) in [6, 6.07) is 8.11. The fourth-order valence-electron chi connectivity index (χ4n) is 2.65. The lowest BCUT2D eigenvalue weighted by atomic mass is 9.85. The van der Waals surface area contributed by atoms with Crippen molar-refractivity contribution < 1.29 is 4.79 Å². The third kappa shape index (κ3) is 2.95. The highest BCUT2D eigenvalue weighted by Crippen LogP contribution is 2.24. The molecule has 0 saturated carbocycles. The van der Waals surface area contributed by atoms with Crippen LogP contribution in [0, 0.1) is 5.92 Å². The Kier molecular flexibility index (Phi) is 3.95. The van der Waals surface area contributed by atoms with E-state index in [4.69, 9.17) is 0 Å². The summed E-state index contributed by atoms with van der Waals surface area (Å²) >= 11 is 0. The molecule has 0 bridgehead atoms. The first-order valence-corrected chi connectivity index (χ1v) is 6.45. The van der Waals surface area contributed by atoms with Crippen LogP contribution in [-0.2, 0) is 6.42 Å². The molecule has 0 radical (unpaired) electrons. The number of nitrogens with zero attached hydrogens (tertiary/aromatic N) is 1. The zero-order chi connectivity index (χ0) is 12.3. The van der Waals surface area contributed by atoms with Crippen molar-refractivity contribution >= 4 is 5.78 Å². The molecule has 1 aromatic carbocycles. The van der Waals surface area contributed by atoms with Crippen LogP contribution >= 0.6 is 0 Å². The summed E-state index contributed by atoms with van der Waals surface area (Å²) in [5.41, 5.74) is 2.19. The molecule has 2 heteroatoms. The Morgan fingerprint density at radius 2 is 2.00 bits per heavy atom. The summed E-state index contributed by atoms with van der Waals surface area (Å²) in [6.45, 7) is 0.868. The summed E-state index contributed by atoms with van der Waals surface area (Å²) < 4.78 is 0. The highest BCUT2D eigenvalue weighted by Gasteiger charge is 2.24. The van der Waals surface area contributed by atoms with Crippen molar-refractivity contribution in [3.05, 3.63) is 35.4 Å². The molecule has 0 saturated heterocycles. The van der Waals surface area contributed by atoms with Gasteiger partial charge >= 0.3 is 0 Å². The van der Waals surface area contributed by atoms with Crippen LogP contribution in [0.3, 0.4) is 0 Å². The number of fused-ring (bicyclic) bond motifs is 1. The Balaban J connectivity index is 2.27. The van der Waals surface area contributed by atoms with E-state index in [-0.39, 0.29) is 5.92 Å². The summed E-state index contributed by atoms with van der Waals surface area (Å²) in [6.07, 6.45) is 4.45. The second kappa shape index (κ2) is 5.46. The lowest BCUT2D eigenvalue weighted by Gasteiger charge is -2.23. The first-order valence-electron chi connectivity index (χ1n) is 6.45. The van der Waals surface area contributed by atoms with Crippen molar-refractivity contribution in [2.45, 2.75) is 25.7 Å². The largest absolute Gasteiger partial charge is 0.309 e. The molecule has 0 N–H and O–H groups in total. The number of Topliss-reactive ketones (excluding diaryl/α,β-unsaturated/α-hetero) is 1. The highest BCUT2D eigenvalue weighted by molar-refractivity contribution is 5.99. The number of hydrogen-bond acceptors (Lipinski definition) is 2. The third-order valence-corrected chi connectivity index (χ3v) is 3.49. The van der Waals surface area contributed by atoms with E-state index in [0.717, 1.165) is 24.9 Å². The summed E-state index contributed by atoms with van der Waals surface area (Å²) in [5, 5.41) is 0. The standard InChI is InChI=1S/C15H21NO/c1-16(2)11-13-9-4-3-7-12-8-5-6-10-14(12)15(13)17/h5-6,8,10,13H,3-4,7,9,11H2,1-2H3. The van der Waals surface area contributed by atoms with Crippen LogP contribution < -0.4 is 0 Å². The molecule has 92 valence electrons. The molecule has 0 heterocycles. The van der Waals surface area contributed by atoms with E-state index in [2.05, 4.69) is 11.0 Å². The van der Waals surface area contributed by atoms with Crippen LogP contribution in [0.25, 0.3) is 0 Å². The van der Waals surface area contributed by atoms with Gasteiger partial charge in [0.2, 0.25) is 0 Å². The Morgan fingerprint density at radius 3 is 2.76 bits per heavy atom. The second-order valence-electron chi connectivity index (χ2n) is 5.23. The van der Waals surface area contributed by atoms with Gasteiger partial charge in [0.25, 0.3) is 0 Å². The molecule has 2 rings (SSSR count). The van der Waals surface area contributed by atoms with Crippen LogP contribution in [0.15, 0.2) is 24.3 Å². The summed E-state index contributed by atoms with van der Waals surface area (Å²) in [5.74, 6) is 0.514. The number of benzene rings is 1. The maximum atomic E-state index is 12.5. The average Bonchev–Trinajstić information content (AvgIpc) is 2.30. The van der Waals surface area contributed by atoms with E-state index < -0.39 is 0 Å². The SMILES string of the molecule is CN(C)CC1CCCCc2ccccc2C1=O. The molecule has 0 amide bonds. The van der Waals surface area contributed by atoms with Crippen molar-refractivity contribution in [3.8, 4) is 0 Å². The first-order chi connectivity index (χ1) is 8.18. The zero-order valence-corrected chi connectivity index (χ0v) is 10.8. The van der Waals surface area contributed by atoms with Gasteiger partial charge in [0, 0.05) is 18.0 Å². The van der Waals surface area contributed by atoms with Gasteiger partial charge in [0.1, 0.15) is 0 Å². The van der Waals surface area contributed by atoms with Crippen LogP contribution in [0.4, 0.5) is 0 Å². The summed E-state index contributed by atoms with van der Waals surface area (Å²) in [4.78, 5) is 14.6. The zero-order valence-electron chi connectivity index (χ0n) is 10.8. The fraction of sp³-hybridized carbons (Fsp3) is 0.533. The van der Waals surface area contributed by atoms with Gasteiger partial charge in [-0.3, -0.25) is 4.79 Å². The van der Waals surface area contributed by atoms with Gasteiger partial charge in [-0.1, -0.05) is 30.7 Å². The highest BCUT2D eigenvalue weighted by atomic mass is 16.1. The molecule has 1 atom stereocenters. The minimum Gasteiger partial charge on any atom is -0.309 e. The molecule has 0 spiro atoms. The number of carbonyl (C=O) groups is 1. The van der Waals surface area contributed by atoms with Gasteiger partial charge in [-0.15, -0.1) is 0 Å². The van der Waals surface area contributed by atoms with Gasteiger partial charge in [-0.2, -0.15) is 0 Å². The molecule has 1 aliphatic rings. The van der Waals surface area contributed by atoms with Gasteiger partial charge in [0.15, 0.2) is 5.78 Å². The third-order valence-electron chi connectivity index (χ3n) is 3.49. The quantitative estimate of drug-likeness (QED) is 0.780. The minimum absolute atomic E-state index is 0.173. The maximum Gasteiger partial charge on any atom is 0.167 e. The number of aryl methyl sites for hydroxylation is 1. The Labute approximate surface area is 104 Å². The van der Waals surface area contributed by atoms with Crippen LogP contribution in [0.1, 0.15) is 35.2 Å². The van der Waals surface area contributed by atoms with Crippen molar-refractivity contribution in [2.24, 2.45) is 5.92 Å². The van der Waals surface area contributed by atoms with E-state index >= 15 is 0 Å². The van der Waals surface area contributed by atoms with Gasteiger partial charge < -0.3 is 4.90 Å². The second-order valence-corrected chi connectivity index (χ2v) is 5.23. The lowest BCUT2D eigenvalue weighted by Crippen LogP contribution is -2.29. The van der Waals surface area contributed by atoms with Crippen molar-refractivity contribution in [1.82, 2.24) is 4.90 Å². The molecule has 1 unspecified atom stereocenters. The molecule has 2 nitrogen and oxygen atoms in total. The minimum atomic E-state index is 0.173. The topological polar surface area (TPSA) is 20.3 Å². The van der Waals surface area contributed by atoms with E-state index in [9.17, 15) is 4.79 Å². The molecular weight excluding hydrogens is 210 g/mol. The van der Waals surface area contributed by atoms with E-state index in [1.807, 2.05) is 32.3 Å². The van der Waals surface area contributed by atoms with Gasteiger partial charge in [0.05, 0.1) is 0 Å². The number of rotatable bonds is 2. The van der Waals surface area contributed by atoms with E-state index in [1.54, 1.807) is 0 Å². The Morgan fingerprint density at radius 1 is 1.24 bits per heavy atom. The van der Waals surface area contributed by atoms with Gasteiger partial charge in [-0.25, -0.2) is 0 Å². The van der Waals surface area contributed by atoms with Gasteiger partial charge in [-0.05, 0) is 38.9 Å². The molecule has 1 aromatic rings. The predicted octanol–water partition coefficient (Wildman–Crippen LogP) is 2.77. The van der Waals surface area contributed by atoms with Crippen LogP contribution in [0.5, 0.6) is 0 Å². The molecule has 0 aromatic heterocycles. The van der Waals surface area contributed by atoms with Crippen molar-refractivity contribution in [2.75, 3.05) is 20.6 Å². The maximum absolute atomic E-state index is 12.5. The average molecular weight is 231 g/mol.